The molecular formula is C11H10N6O. The lowest BCUT2D eigenvalue weighted by Gasteiger charge is -1.97. The van der Waals surface area contributed by atoms with E-state index in [-0.39, 0.29) is 17.3 Å². The number of H-pyrrole nitrogens is 1. The van der Waals surface area contributed by atoms with E-state index in [1.807, 2.05) is 30.5 Å². The third-order valence-electron chi connectivity index (χ3n) is 2.54. The smallest absolute Gasteiger partial charge is 0.199 e. The summed E-state index contributed by atoms with van der Waals surface area (Å²) < 4.78 is 4.47. The number of nitrogens with zero attached hydrogens (tertiary/aromatic N) is 3. The van der Waals surface area contributed by atoms with Crippen LogP contribution in [0.5, 0.6) is 0 Å². The minimum absolute atomic E-state index is 0.124. The van der Waals surface area contributed by atoms with E-state index in [2.05, 4.69) is 24.9 Å². The second-order valence-electron chi connectivity index (χ2n) is 3.74. The summed E-state index contributed by atoms with van der Waals surface area (Å²) in [5.41, 5.74) is 13.3. The molecule has 0 aliphatic carbocycles. The molecule has 3 aromatic rings. The predicted octanol–water partition coefficient (Wildman–Crippen LogP) is 1.17. The minimum Gasteiger partial charge on any atom is -0.382 e. The number of anilines is 1. The number of rotatable bonds is 2. The van der Waals surface area contributed by atoms with E-state index in [0.717, 1.165) is 10.9 Å². The maximum Gasteiger partial charge on any atom is 0.199 e. The molecule has 7 nitrogen and oxygen atoms in total. The van der Waals surface area contributed by atoms with Gasteiger partial charge in [0.1, 0.15) is 0 Å². The van der Waals surface area contributed by atoms with Gasteiger partial charge >= 0.3 is 0 Å². The molecule has 2 heterocycles. The summed E-state index contributed by atoms with van der Waals surface area (Å²) in [6, 6.07) is 7.63. The molecule has 3 rings (SSSR count). The van der Waals surface area contributed by atoms with Crippen molar-refractivity contribution >= 4 is 28.2 Å². The monoisotopic (exact) mass is 242 g/mol. The van der Waals surface area contributed by atoms with Gasteiger partial charge in [0.25, 0.3) is 0 Å². The second-order valence-corrected chi connectivity index (χ2v) is 3.74. The molecule has 0 aliphatic heterocycles. The maximum atomic E-state index is 5.79. The summed E-state index contributed by atoms with van der Waals surface area (Å²) in [6.45, 7) is 0. The predicted molar refractivity (Wildman–Crippen MR) is 67.4 cm³/mol. The number of amidine groups is 1. The molecule has 7 heteroatoms. The molecule has 0 atom stereocenters. The number of fused-ring (bicyclic) bond motifs is 1. The van der Waals surface area contributed by atoms with Crippen LogP contribution in [0, 0.1) is 0 Å². The van der Waals surface area contributed by atoms with Gasteiger partial charge in [-0.3, -0.25) is 0 Å². The summed E-state index contributed by atoms with van der Waals surface area (Å²) in [7, 11) is 0. The zero-order valence-corrected chi connectivity index (χ0v) is 9.29. The zero-order valence-electron chi connectivity index (χ0n) is 9.29. The van der Waals surface area contributed by atoms with Gasteiger partial charge in [0.15, 0.2) is 17.3 Å². The number of aliphatic imine (C=N–C) groups is 1. The van der Waals surface area contributed by atoms with Crippen LogP contribution in [0.25, 0.3) is 10.9 Å². The van der Waals surface area contributed by atoms with Crippen molar-refractivity contribution in [1.82, 2.24) is 15.3 Å². The molecular weight excluding hydrogens is 232 g/mol. The molecule has 1 aromatic carbocycles. The van der Waals surface area contributed by atoms with Crippen molar-refractivity contribution in [3.63, 3.8) is 0 Å². The van der Waals surface area contributed by atoms with Crippen LogP contribution in [-0.2, 0) is 0 Å². The van der Waals surface area contributed by atoms with Crippen molar-refractivity contribution < 1.29 is 4.63 Å². The molecule has 0 bridgehead atoms. The lowest BCUT2D eigenvalue weighted by atomic mass is 10.2. The number of hydrogen-bond donors (Lipinski definition) is 3. The van der Waals surface area contributed by atoms with Crippen molar-refractivity contribution in [1.29, 1.82) is 0 Å². The summed E-state index contributed by atoms with van der Waals surface area (Å²) in [4.78, 5) is 7.33. The first-order valence-corrected chi connectivity index (χ1v) is 5.24. The van der Waals surface area contributed by atoms with Crippen LogP contribution < -0.4 is 11.5 Å². The fourth-order valence-electron chi connectivity index (χ4n) is 1.68. The summed E-state index contributed by atoms with van der Waals surface area (Å²) in [6.07, 6.45) is 1.86. The molecule has 18 heavy (non-hydrogen) atoms. The van der Waals surface area contributed by atoms with Crippen LogP contribution in [0.1, 0.15) is 5.69 Å². The highest BCUT2D eigenvalue weighted by Crippen LogP contribution is 2.20. The molecule has 0 unspecified atom stereocenters. The van der Waals surface area contributed by atoms with E-state index in [9.17, 15) is 0 Å². The van der Waals surface area contributed by atoms with Gasteiger partial charge < -0.3 is 16.5 Å². The first kappa shape index (κ1) is 10.3. The number of nitrogen functional groups attached to an aromatic ring is 1. The molecule has 0 amide bonds. The lowest BCUT2D eigenvalue weighted by Crippen LogP contribution is -2.15. The van der Waals surface area contributed by atoms with Crippen molar-refractivity contribution in [2.45, 2.75) is 0 Å². The average Bonchev–Trinajstić information content (AvgIpc) is 2.96. The van der Waals surface area contributed by atoms with Crippen LogP contribution in [-0.4, -0.2) is 21.1 Å². The Hall–Kier alpha value is -2.83. The maximum absolute atomic E-state index is 5.79. The Bertz CT molecular complexity index is 726. The van der Waals surface area contributed by atoms with Gasteiger partial charge in [-0.15, -0.1) is 0 Å². The molecule has 0 saturated heterocycles. The van der Waals surface area contributed by atoms with E-state index >= 15 is 0 Å². The Balaban J connectivity index is 2.02. The second kappa shape index (κ2) is 3.88. The molecule has 5 N–H and O–H groups in total. The highest BCUT2D eigenvalue weighted by Gasteiger charge is 2.10. The van der Waals surface area contributed by atoms with Gasteiger partial charge in [-0.1, -0.05) is 0 Å². The van der Waals surface area contributed by atoms with Crippen LogP contribution in [0.2, 0.25) is 0 Å². The highest BCUT2D eigenvalue weighted by molar-refractivity contribution is 6.01. The van der Waals surface area contributed by atoms with Gasteiger partial charge in [-0.05, 0) is 34.6 Å². The van der Waals surface area contributed by atoms with Crippen molar-refractivity contribution in [2.75, 3.05) is 5.73 Å². The van der Waals surface area contributed by atoms with Crippen LogP contribution in [0.3, 0.4) is 0 Å². The standard InChI is InChI=1S/C11H10N6O/c12-10(9-11(13)17-18-16-9)15-7-1-2-8-6(5-7)3-4-14-8/h1-5,14H,(H2,12,15)(H2,13,17). The van der Waals surface area contributed by atoms with Crippen LogP contribution in [0.15, 0.2) is 40.1 Å². The fraction of sp³-hybridized carbons (Fsp3) is 0. The summed E-state index contributed by atoms with van der Waals surface area (Å²) >= 11 is 0. The van der Waals surface area contributed by atoms with E-state index in [4.69, 9.17) is 11.5 Å². The van der Waals surface area contributed by atoms with Gasteiger partial charge in [0.2, 0.25) is 0 Å². The van der Waals surface area contributed by atoms with Crippen LogP contribution >= 0.6 is 0 Å². The zero-order chi connectivity index (χ0) is 12.5. The minimum atomic E-state index is 0.124. The van der Waals surface area contributed by atoms with Crippen LogP contribution in [0.4, 0.5) is 11.5 Å². The van der Waals surface area contributed by atoms with E-state index < -0.39 is 0 Å². The molecule has 0 aliphatic rings. The topological polar surface area (TPSA) is 119 Å². The normalized spacial score (nSPS) is 12.1. The number of nitrogens with two attached hydrogens (primary N) is 2. The summed E-state index contributed by atoms with van der Waals surface area (Å²) in [5.74, 6) is 0.294. The molecule has 2 aromatic heterocycles. The Morgan fingerprint density at radius 3 is 2.94 bits per heavy atom. The third-order valence-corrected chi connectivity index (χ3v) is 2.54. The molecule has 0 spiro atoms. The fourth-order valence-corrected chi connectivity index (χ4v) is 1.68. The number of hydrogen-bond acceptors (Lipinski definition) is 5. The number of aromatic amines is 1. The van der Waals surface area contributed by atoms with Crippen molar-refractivity contribution in [3.8, 4) is 0 Å². The number of aromatic nitrogens is 3. The molecule has 0 fully saturated rings. The third kappa shape index (κ3) is 1.67. The molecule has 90 valence electrons. The van der Waals surface area contributed by atoms with Gasteiger partial charge in [-0.2, -0.15) is 0 Å². The van der Waals surface area contributed by atoms with E-state index in [0.29, 0.717) is 5.69 Å². The van der Waals surface area contributed by atoms with Crippen molar-refractivity contribution in [2.24, 2.45) is 10.7 Å². The van der Waals surface area contributed by atoms with E-state index in [1.165, 1.54) is 0 Å². The Morgan fingerprint density at radius 2 is 2.17 bits per heavy atom. The first-order chi connectivity index (χ1) is 8.74. The Kier molecular flexibility index (Phi) is 2.23. The van der Waals surface area contributed by atoms with Gasteiger partial charge in [0, 0.05) is 17.1 Å². The number of benzene rings is 1. The quantitative estimate of drug-likeness (QED) is 0.460. The summed E-state index contributed by atoms with van der Waals surface area (Å²) in [5, 5.41) is 8.09. The Labute approximate surface area is 101 Å². The Morgan fingerprint density at radius 1 is 1.28 bits per heavy atom. The van der Waals surface area contributed by atoms with E-state index in [1.54, 1.807) is 0 Å². The highest BCUT2D eigenvalue weighted by atomic mass is 16.6. The number of nitrogens with one attached hydrogen (secondary N) is 1. The SMILES string of the molecule is NC(=Nc1ccc2[nH]ccc2c1)c1nonc1N. The van der Waals surface area contributed by atoms with Gasteiger partial charge in [-0.25, -0.2) is 9.62 Å². The average molecular weight is 242 g/mol. The largest absolute Gasteiger partial charge is 0.382 e. The van der Waals surface area contributed by atoms with Crippen molar-refractivity contribution in [3.05, 3.63) is 36.2 Å². The molecule has 0 saturated carbocycles. The lowest BCUT2D eigenvalue weighted by molar-refractivity contribution is 0.308. The van der Waals surface area contributed by atoms with Gasteiger partial charge in [0.05, 0.1) is 5.69 Å². The first-order valence-electron chi connectivity index (χ1n) is 5.24. The molecule has 0 radical (unpaired) electrons.